The zero-order chi connectivity index (χ0) is 9.56. The molecular weight excluding hydrogens is 146 g/mol. The lowest BCUT2D eigenvalue weighted by molar-refractivity contribution is 0.910. The van der Waals surface area contributed by atoms with E-state index in [1.165, 1.54) is 11.1 Å². The fourth-order valence-corrected chi connectivity index (χ4v) is 1.06. The Bertz CT molecular complexity index is 238. The third kappa shape index (κ3) is 2.92. The standard InChI is InChI=1S/C9H11N.C2H6/c1-7-3-4-9(6-10)5-8(7)2;1-2/h5H,3-4H2,1-2H3;1-2H3. The van der Waals surface area contributed by atoms with Crippen LogP contribution < -0.4 is 0 Å². The SMILES string of the molecule is CC.CC1=C(C)CCC(C#N)=C1. The molecule has 0 spiro atoms. The topological polar surface area (TPSA) is 23.8 Å². The largest absolute Gasteiger partial charge is 0.193 e. The van der Waals surface area contributed by atoms with Crippen molar-refractivity contribution in [1.82, 2.24) is 0 Å². The second-order valence-electron chi connectivity index (χ2n) is 2.74. The molecule has 1 heteroatoms. The minimum atomic E-state index is 0.920. The van der Waals surface area contributed by atoms with E-state index in [1.807, 2.05) is 19.9 Å². The maximum absolute atomic E-state index is 8.55. The Balaban J connectivity index is 0.000000561. The van der Waals surface area contributed by atoms with E-state index in [0.29, 0.717) is 0 Å². The molecule has 66 valence electrons. The molecule has 0 aromatic heterocycles. The van der Waals surface area contributed by atoms with E-state index in [0.717, 1.165) is 18.4 Å². The molecular formula is C11H17N. The third-order valence-electron chi connectivity index (χ3n) is 1.98. The van der Waals surface area contributed by atoms with Gasteiger partial charge in [0.05, 0.1) is 6.07 Å². The lowest BCUT2D eigenvalue weighted by Crippen LogP contribution is -1.92. The van der Waals surface area contributed by atoms with Crippen LogP contribution in [0.25, 0.3) is 0 Å². The Hall–Kier alpha value is -1.03. The maximum Gasteiger partial charge on any atom is 0.0947 e. The van der Waals surface area contributed by atoms with Crippen molar-refractivity contribution in [3.8, 4) is 6.07 Å². The molecule has 0 N–H and O–H groups in total. The summed E-state index contributed by atoms with van der Waals surface area (Å²) in [5, 5.41) is 8.55. The van der Waals surface area contributed by atoms with Crippen molar-refractivity contribution >= 4 is 0 Å². The van der Waals surface area contributed by atoms with Crippen molar-refractivity contribution in [2.75, 3.05) is 0 Å². The van der Waals surface area contributed by atoms with Gasteiger partial charge in [-0.3, -0.25) is 0 Å². The molecule has 0 radical (unpaired) electrons. The summed E-state index contributed by atoms with van der Waals surface area (Å²) >= 11 is 0. The molecule has 0 saturated heterocycles. The Morgan fingerprint density at radius 3 is 2.25 bits per heavy atom. The summed E-state index contributed by atoms with van der Waals surface area (Å²) < 4.78 is 0. The summed E-state index contributed by atoms with van der Waals surface area (Å²) in [6.45, 7) is 8.19. The first-order chi connectivity index (χ1) is 5.74. The highest BCUT2D eigenvalue weighted by molar-refractivity contribution is 5.37. The van der Waals surface area contributed by atoms with Crippen LogP contribution in [-0.2, 0) is 0 Å². The van der Waals surface area contributed by atoms with Gasteiger partial charge >= 0.3 is 0 Å². The van der Waals surface area contributed by atoms with Gasteiger partial charge in [-0.25, -0.2) is 0 Å². The van der Waals surface area contributed by atoms with Gasteiger partial charge < -0.3 is 0 Å². The number of allylic oxidation sites excluding steroid dienone is 4. The zero-order valence-corrected chi connectivity index (χ0v) is 8.44. The predicted octanol–water partition coefficient (Wildman–Crippen LogP) is 3.59. The molecule has 0 bridgehead atoms. The number of hydrogen-bond donors (Lipinski definition) is 0. The molecule has 0 unspecified atom stereocenters. The van der Waals surface area contributed by atoms with Crippen molar-refractivity contribution < 1.29 is 0 Å². The molecule has 0 aliphatic heterocycles. The van der Waals surface area contributed by atoms with Crippen LogP contribution in [0, 0.1) is 11.3 Å². The molecule has 0 aromatic carbocycles. The highest BCUT2D eigenvalue weighted by atomic mass is 14.3. The number of hydrogen-bond acceptors (Lipinski definition) is 1. The van der Waals surface area contributed by atoms with E-state index in [1.54, 1.807) is 0 Å². The summed E-state index contributed by atoms with van der Waals surface area (Å²) in [6.07, 6.45) is 3.98. The Kier molecular flexibility index (Phi) is 5.12. The molecule has 12 heavy (non-hydrogen) atoms. The quantitative estimate of drug-likeness (QED) is 0.535. The predicted molar refractivity (Wildman–Crippen MR) is 52.7 cm³/mol. The van der Waals surface area contributed by atoms with E-state index in [2.05, 4.69) is 19.9 Å². The average molecular weight is 163 g/mol. The molecule has 0 fully saturated rings. The first-order valence-corrected chi connectivity index (χ1v) is 4.51. The van der Waals surface area contributed by atoms with Crippen LogP contribution in [0.3, 0.4) is 0 Å². The van der Waals surface area contributed by atoms with Crippen LogP contribution in [0.4, 0.5) is 0 Å². The van der Waals surface area contributed by atoms with Gasteiger partial charge in [-0.05, 0) is 32.8 Å². The van der Waals surface area contributed by atoms with Gasteiger partial charge in [0.2, 0.25) is 0 Å². The van der Waals surface area contributed by atoms with E-state index >= 15 is 0 Å². The summed E-state index contributed by atoms with van der Waals surface area (Å²) in [7, 11) is 0. The number of nitrogens with zero attached hydrogens (tertiary/aromatic N) is 1. The van der Waals surface area contributed by atoms with Crippen molar-refractivity contribution in [1.29, 1.82) is 5.26 Å². The normalized spacial score (nSPS) is 15.8. The molecule has 1 nitrogen and oxygen atoms in total. The van der Waals surface area contributed by atoms with Crippen molar-refractivity contribution in [3.05, 3.63) is 22.8 Å². The third-order valence-corrected chi connectivity index (χ3v) is 1.98. The van der Waals surface area contributed by atoms with E-state index in [-0.39, 0.29) is 0 Å². The average Bonchev–Trinajstić information content (AvgIpc) is 2.13. The Morgan fingerprint density at radius 2 is 1.83 bits per heavy atom. The Labute approximate surface area is 75.4 Å². The highest BCUT2D eigenvalue weighted by Crippen LogP contribution is 2.22. The molecule has 1 aliphatic carbocycles. The van der Waals surface area contributed by atoms with Gasteiger partial charge in [0.25, 0.3) is 0 Å². The van der Waals surface area contributed by atoms with Gasteiger partial charge in [0.15, 0.2) is 0 Å². The lowest BCUT2D eigenvalue weighted by atomic mass is 9.95. The van der Waals surface area contributed by atoms with Crippen LogP contribution in [0.15, 0.2) is 22.8 Å². The van der Waals surface area contributed by atoms with Crippen molar-refractivity contribution in [2.45, 2.75) is 40.5 Å². The maximum atomic E-state index is 8.55. The first kappa shape index (κ1) is 11.0. The summed E-state index contributed by atoms with van der Waals surface area (Å²) in [5.74, 6) is 0. The van der Waals surface area contributed by atoms with Crippen molar-refractivity contribution in [3.63, 3.8) is 0 Å². The molecule has 1 aliphatic rings. The molecule has 0 atom stereocenters. The lowest BCUT2D eigenvalue weighted by Gasteiger charge is -2.09. The van der Waals surface area contributed by atoms with Crippen LogP contribution in [0.5, 0.6) is 0 Å². The van der Waals surface area contributed by atoms with Crippen LogP contribution in [0.2, 0.25) is 0 Å². The fourth-order valence-electron chi connectivity index (χ4n) is 1.06. The Morgan fingerprint density at radius 1 is 1.25 bits per heavy atom. The number of nitriles is 1. The number of rotatable bonds is 0. The summed E-state index contributed by atoms with van der Waals surface area (Å²) in [5.41, 5.74) is 3.60. The molecule has 0 amide bonds. The second kappa shape index (κ2) is 5.60. The van der Waals surface area contributed by atoms with Gasteiger partial charge in [0, 0.05) is 5.57 Å². The fraction of sp³-hybridized carbons (Fsp3) is 0.545. The van der Waals surface area contributed by atoms with Gasteiger partial charge in [-0.2, -0.15) is 5.26 Å². The molecule has 0 aromatic rings. The van der Waals surface area contributed by atoms with Crippen molar-refractivity contribution in [2.24, 2.45) is 0 Å². The van der Waals surface area contributed by atoms with Gasteiger partial charge in [-0.1, -0.05) is 25.0 Å². The minimum Gasteiger partial charge on any atom is -0.193 e. The first-order valence-electron chi connectivity index (χ1n) is 4.51. The van der Waals surface area contributed by atoms with E-state index < -0.39 is 0 Å². The summed E-state index contributed by atoms with van der Waals surface area (Å²) in [4.78, 5) is 0. The van der Waals surface area contributed by atoms with Crippen LogP contribution in [-0.4, -0.2) is 0 Å². The molecule has 0 saturated carbocycles. The minimum absolute atomic E-state index is 0.920. The smallest absolute Gasteiger partial charge is 0.0947 e. The van der Waals surface area contributed by atoms with Crippen LogP contribution >= 0.6 is 0 Å². The summed E-state index contributed by atoms with van der Waals surface area (Å²) in [6, 6.07) is 2.18. The highest BCUT2D eigenvalue weighted by Gasteiger charge is 2.05. The van der Waals surface area contributed by atoms with Gasteiger partial charge in [-0.15, -0.1) is 0 Å². The second-order valence-corrected chi connectivity index (χ2v) is 2.74. The van der Waals surface area contributed by atoms with Gasteiger partial charge in [0.1, 0.15) is 0 Å². The van der Waals surface area contributed by atoms with E-state index in [9.17, 15) is 0 Å². The van der Waals surface area contributed by atoms with E-state index in [4.69, 9.17) is 5.26 Å². The van der Waals surface area contributed by atoms with Crippen LogP contribution in [0.1, 0.15) is 40.5 Å². The monoisotopic (exact) mass is 163 g/mol. The molecule has 1 rings (SSSR count). The zero-order valence-electron chi connectivity index (χ0n) is 8.44. The molecule has 0 heterocycles.